The average molecular weight is 415 g/mol. The first-order valence-corrected chi connectivity index (χ1v) is 7.14. The Morgan fingerprint density at radius 2 is 1.89 bits per heavy atom. The molecule has 2 heterocycles. The highest BCUT2D eigenvalue weighted by molar-refractivity contribution is 14.1. The van der Waals surface area contributed by atoms with Crippen LogP contribution in [0.4, 0.5) is 0 Å². The fourth-order valence-corrected chi connectivity index (χ4v) is 3.52. The summed E-state index contributed by atoms with van der Waals surface area (Å²) in [6, 6.07) is 9.20. The molecular weight excluding hydrogens is 407 g/mol. The first-order chi connectivity index (χ1) is 8.65. The van der Waals surface area contributed by atoms with Gasteiger partial charge in [-0.3, -0.25) is 0 Å². The van der Waals surface area contributed by atoms with Gasteiger partial charge in [-0.15, -0.1) is 0 Å². The number of fused-ring (bicyclic) bond motifs is 1. The molecule has 18 heavy (non-hydrogen) atoms. The van der Waals surface area contributed by atoms with Crippen LogP contribution in [0.25, 0.3) is 16.6 Å². The molecule has 0 saturated carbocycles. The van der Waals surface area contributed by atoms with Crippen LogP contribution < -0.4 is 0 Å². The number of halogens is 2. The topological polar surface area (TPSA) is 37.5 Å². The van der Waals surface area contributed by atoms with E-state index < -0.39 is 0 Å². The molecule has 0 fully saturated rings. The van der Waals surface area contributed by atoms with Crippen LogP contribution in [0.5, 0.6) is 5.75 Å². The lowest BCUT2D eigenvalue weighted by molar-refractivity contribution is 0.475. The van der Waals surface area contributed by atoms with Crippen molar-refractivity contribution in [1.29, 1.82) is 0 Å². The smallest absolute Gasteiger partial charge is 0.115 e. The highest BCUT2D eigenvalue weighted by atomic mass is 127. The van der Waals surface area contributed by atoms with Crippen LogP contribution >= 0.6 is 38.5 Å². The van der Waals surface area contributed by atoms with E-state index in [1.54, 1.807) is 12.1 Å². The zero-order valence-corrected chi connectivity index (χ0v) is 12.9. The molecule has 0 atom stereocenters. The first kappa shape index (κ1) is 12.0. The monoisotopic (exact) mass is 414 g/mol. The molecule has 0 aliphatic rings. The average Bonchev–Trinajstić information content (AvgIpc) is 2.72. The fourth-order valence-electron chi connectivity index (χ4n) is 1.85. The van der Waals surface area contributed by atoms with Gasteiger partial charge in [0.25, 0.3) is 0 Å². The third-order valence-corrected chi connectivity index (χ3v) is 4.12. The Balaban J connectivity index is 2.21. The molecule has 3 aromatic rings. The molecule has 5 heteroatoms. The van der Waals surface area contributed by atoms with Gasteiger partial charge in [-0.25, -0.2) is 4.52 Å². The SMILES string of the molecule is Oc1ccc(-c2cc(Br)c3c(I)cnn3c2)cc1. The highest BCUT2D eigenvalue weighted by Gasteiger charge is 2.08. The molecule has 0 saturated heterocycles. The van der Waals surface area contributed by atoms with Crippen molar-refractivity contribution in [2.45, 2.75) is 0 Å². The molecule has 0 radical (unpaired) electrons. The number of pyridine rings is 1. The number of nitrogens with zero attached hydrogens (tertiary/aromatic N) is 2. The molecule has 1 aromatic carbocycles. The summed E-state index contributed by atoms with van der Waals surface area (Å²) in [5.41, 5.74) is 3.16. The number of hydrogen-bond acceptors (Lipinski definition) is 2. The van der Waals surface area contributed by atoms with E-state index in [2.05, 4.69) is 49.7 Å². The van der Waals surface area contributed by atoms with Gasteiger partial charge in [-0.2, -0.15) is 5.10 Å². The van der Waals surface area contributed by atoms with Crippen molar-refractivity contribution in [3.63, 3.8) is 0 Å². The lowest BCUT2D eigenvalue weighted by Crippen LogP contribution is -1.90. The second kappa shape index (κ2) is 4.55. The number of hydrogen-bond donors (Lipinski definition) is 1. The maximum absolute atomic E-state index is 9.31. The Labute approximate surface area is 126 Å². The summed E-state index contributed by atoms with van der Waals surface area (Å²) >= 11 is 5.84. The van der Waals surface area contributed by atoms with Gasteiger partial charge >= 0.3 is 0 Å². The Hall–Kier alpha value is -1.08. The molecule has 0 bridgehead atoms. The molecule has 1 N–H and O–H groups in total. The molecule has 0 aliphatic heterocycles. The van der Waals surface area contributed by atoms with Crippen molar-refractivity contribution in [2.24, 2.45) is 0 Å². The molecule has 0 aliphatic carbocycles. The van der Waals surface area contributed by atoms with E-state index in [0.29, 0.717) is 0 Å². The van der Waals surface area contributed by atoms with E-state index in [1.165, 1.54) is 0 Å². The van der Waals surface area contributed by atoms with Gasteiger partial charge in [-0.05, 0) is 62.3 Å². The van der Waals surface area contributed by atoms with Crippen LogP contribution in [0.15, 0.2) is 47.2 Å². The van der Waals surface area contributed by atoms with Crippen molar-refractivity contribution in [3.05, 3.63) is 50.8 Å². The van der Waals surface area contributed by atoms with E-state index in [0.717, 1.165) is 24.7 Å². The van der Waals surface area contributed by atoms with Crippen LogP contribution in [0.3, 0.4) is 0 Å². The first-order valence-electron chi connectivity index (χ1n) is 5.27. The summed E-state index contributed by atoms with van der Waals surface area (Å²) in [4.78, 5) is 0. The van der Waals surface area contributed by atoms with E-state index >= 15 is 0 Å². The van der Waals surface area contributed by atoms with Gasteiger partial charge < -0.3 is 5.11 Å². The quantitative estimate of drug-likeness (QED) is 0.609. The van der Waals surface area contributed by atoms with Crippen molar-refractivity contribution in [3.8, 4) is 16.9 Å². The van der Waals surface area contributed by atoms with Crippen LogP contribution in [-0.4, -0.2) is 14.7 Å². The lowest BCUT2D eigenvalue weighted by atomic mass is 10.1. The molecule has 0 unspecified atom stereocenters. The van der Waals surface area contributed by atoms with Crippen LogP contribution in [0.1, 0.15) is 0 Å². The number of benzene rings is 1. The van der Waals surface area contributed by atoms with E-state index in [4.69, 9.17) is 0 Å². The molecule has 3 nitrogen and oxygen atoms in total. The Kier molecular flexibility index (Phi) is 3.03. The highest BCUT2D eigenvalue weighted by Crippen LogP contribution is 2.29. The van der Waals surface area contributed by atoms with E-state index in [-0.39, 0.29) is 5.75 Å². The molecule has 90 valence electrons. The lowest BCUT2D eigenvalue weighted by Gasteiger charge is -2.05. The standard InChI is InChI=1S/C13H8BrIN2O/c14-11-5-9(8-1-3-10(18)4-2-8)7-17-13(11)12(15)6-16-17/h1-7,18H. The maximum Gasteiger partial charge on any atom is 0.115 e. The number of phenolic OH excluding ortho intramolecular Hbond substituents is 1. The molecule has 2 aromatic heterocycles. The number of phenols is 1. The summed E-state index contributed by atoms with van der Waals surface area (Å²) in [5.74, 6) is 0.271. The molecule has 0 amide bonds. The normalized spacial score (nSPS) is 11.0. The van der Waals surface area contributed by atoms with Gasteiger partial charge in [0.15, 0.2) is 0 Å². The van der Waals surface area contributed by atoms with Gasteiger partial charge in [-0.1, -0.05) is 12.1 Å². The van der Waals surface area contributed by atoms with Crippen molar-refractivity contribution >= 4 is 44.0 Å². The van der Waals surface area contributed by atoms with Gasteiger partial charge in [0.2, 0.25) is 0 Å². The summed E-state index contributed by atoms with van der Waals surface area (Å²) in [5, 5.41) is 13.6. The van der Waals surface area contributed by atoms with Crippen LogP contribution in [0.2, 0.25) is 0 Å². The zero-order chi connectivity index (χ0) is 12.7. The number of aromatic nitrogens is 2. The van der Waals surface area contributed by atoms with Crippen molar-refractivity contribution in [1.82, 2.24) is 9.61 Å². The van der Waals surface area contributed by atoms with Crippen LogP contribution in [0, 0.1) is 3.57 Å². The molecule has 3 rings (SSSR count). The summed E-state index contributed by atoms with van der Waals surface area (Å²) in [6.07, 6.45) is 3.82. The molecular formula is C13H8BrIN2O. The van der Waals surface area contributed by atoms with E-state index in [9.17, 15) is 5.11 Å². The third-order valence-electron chi connectivity index (χ3n) is 2.72. The van der Waals surface area contributed by atoms with Crippen molar-refractivity contribution < 1.29 is 5.11 Å². The third kappa shape index (κ3) is 2.01. The van der Waals surface area contributed by atoms with Gasteiger partial charge in [0.05, 0.1) is 15.3 Å². The summed E-state index contributed by atoms with van der Waals surface area (Å²) < 4.78 is 3.97. The maximum atomic E-state index is 9.31. The minimum absolute atomic E-state index is 0.271. The molecule has 0 spiro atoms. The zero-order valence-electron chi connectivity index (χ0n) is 9.14. The Morgan fingerprint density at radius 1 is 1.17 bits per heavy atom. The number of rotatable bonds is 1. The summed E-state index contributed by atoms with van der Waals surface area (Å²) in [7, 11) is 0. The second-order valence-corrected chi connectivity index (χ2v) is 5.93. The Bertz CT molecular complexity index is 722. The predicted molar refractivity (Wildman–Crippen MR) is 82.7 cm³/mol. The van der Waals surface area contributed by atoms with Crippen LogP contribution in [-0.2, 0) is 0 Å². The van der Waals surface area contributed by atoms with E-state index in [1.807, 2.05) is 29.0 Å². The van der Waals surface area contributed by atoms with Crippen molar-refractivity contribution in [2.75, 3.05) is 0 Å². The summed E-state index contributed by atoms with van der Waals surface area (Å²) in [6.45, 7) is 0. The largest absolute Gasteiger partial charge is 0.508 e. The van der Waals surface area contributed by atoms with Gasteiger partial charge in [0.1, 0.15) is 5.75 Å². The fraction of sp³-hybridized carbons (Fsp3) is 0. The number of aromatic hydroxyl groups is 1. The minimum atomic E-state index is 0.271. The van der Waals surface area contributed by atoms with Gasteiger partial charge in [0, 0.05) is 16.2 Å². The predicted octanol–water partition coefficient (Wildman–Crippen LogP) is 4.07. The Morgan fingerprint density at radius 3 is 2.61 bits per heavy atom. The minimum Gasteiger partial charge on any atom is -0.508 e. The second-order valence-electron chi connectivity index (χ2n) is 3.91.